The summed E-state index contributed by atoms with van der Waals surface area (Å²) in [6.07, 6.45) is -3.07. The van der Waals surface area contributed by atoms with Gasteiger partial charge in [0.25, 0.3) is 0 Å². The Morgan fingerprint density at radius 2 is 1.84 bits per heavy atom. The first kappa shape index (κ1) is 13.8. The predicted molar refractivity (Wildman–Crippen MR) is 66.5 cm³/mol. The predicted octanol–water partition coefficient (Wildman–Crippen LogP) is 3.87. The summed E-state index contributed by atoms with van der Waals surface area (Å²) in [6.45, 7) is 5.08. The summed E-state index contributed by atoms with van der Waals surface area (Å²) in [7, 11) is 0. The summed E-state index contributed by atoms with van der Waals surface area (Å²) in [6, 6.07) is 2.44. The molecule has 2 rings (SSSR count). The Balaban J connectivity index is 2.60. The second-order valence-electron chi connectivity index (χ2n) is 5.64. The smallest absolute Gasteiger partial charge is 0.294 e. The van der Waals surface area contributed by atoms with Crippen molar-refractivity contribution in [3.8, 4) is 0 Å². The fourth-order valence-electron chi connectivity index (χ4n) is 2.04. The number of benzene rings is 1. The maximum atomic E-state index is 13.0. The highest BCUT2D eigenvalue weighted by Crippen LogP contribution is 2.37. The zero-order valence-electron chi connectivity index (χ0n) is 10.9. The molecule has 0 radical (unpaired) electrons. The number of halogens is 3. The average Bonchev–Trinajstić information content (AvgIpc) is 2.71. The Bertz CT molecular complexity index is 565. The van der Waals surface area contributed by atoms with Gasteiger partial charge in [-0.15, -0.1) is 0 Å². The van der Waals surface area contributed by atoms with Crippen LogP contribution in [0.2, 0.25) is 0 Å². The van der Waals surface area contributed by atoms with Crippen molar-refractivity contribution in [3.05, 3.63) is 34.4 Å². The van der Waals surface area contributed by atoms with Crippen LogP contribution < -0.4 is 0 Å². The van der Waals surface area contributed by atoms with Gasteiger partial charge in [-0.05, 0) is 23.3 Å². The van der Waals surface area contributed by atoms with E-state index in [1.54, 1.807) is 20.8 Å². The van der Waals surface area contributed by atoms with E-state index in [1.807, 2.05) is 0 Å². The van der Waals surface area contributed by atoms with Crippen LogP contribution in [0.4, 0.5) is 13.2 Å². The third kappa shape index (κ3) is 2.55. The lowest BCUT2D eigenvalue weighted by Crippen LogP contribution is -2.21. The number of aliphatic imine (C=N–C) groups is 1. The van der Waals surface area contributed by atoms with E-state index in [0.717, 1.165) is 6.07 Å². The number of hydrogen-bond donors (Lipinski definition) is 0. The molecule has 2 nitrogen and oxygen atoms in total. The molecule has 1 aliphatic rings. The standard InChI is InChI=1S/C14H14F3NO/c1-13(2,3)12(19)8-4-9-6-18-7-10(9)11(5-8)14(15,16)17/h4-6H,7H2,1-3H3. The minimum absolute atomic E-state index is 0.0220. The minimum atomic E-state index is -4.47. The van der Waals surface area contributed by atoms with Crippen LogP contribution in [-0.4, -0.2) is 12.0 Å². The van der Waals surface area contributed by atoms with E-state index >= 15 is 0 Å². The van der Waals surface area contributed by atoms with Crippen molar-refractivity contribution in [2.45, 2.75) is 33.5 Å². The topological polar surface area (TPSA) is 29.4 Å². The van der Waals surface area contributed by atoms with E-state index in [4.69, 9.17) is 0 Å². The molecule has 1 heterocycles. The fourth-order valence-corrected chi connectivity index (χ4v) is 2.04. The summed E-state index contributed by atoms with van der Waals surface area (Å²) in [5.74, 6) is -0.305. The van der Waals surface area contributed by atoms with Gasteiger partial charge in [-0.2, -0.15) is 13.2 Å². The molecule has 0 amide bonds. The first-order valence-electron chi connectivity index (χ1n) is 5.89. The number of carbonyl (C=O) groups excluding carboxylic acids is 1. The summed E-state index contributed by atoms with van der Waals surface area (Å²) in [5.41, 5.74) is -0.838. The van der Waals surface area contributed by atoms with Crippen molar-refractivity contribution >= 4 is 12.0 Å². The Labute approximate surface area is 109 Å². The monoisotopic (exact) mass is 269 g/mol. The van der Waals surface area contributed by atoms with Crippen LogP contribution in [0.1, 0.15) is 47.8 Å². The van der Waals surface area contributed by atoms with Crippen molar-refractivity contribution < 1.29 is 18.0 Å². The number of rotatable bonds is 1. The molecule has 102 valence electrons. The van der Waals surface area contributed by atoms with Gasteiger partial charge in [0.2, 0.25) is 0 Å². The van der Waals surface area contributed by atoms with E-state index in [-0.39, 0.29) is 23.5 Å². The van der Waals surface area contributed by atoms with Gasteiger partial charge in [0.05, 0.1) is 12.1 Å². The normalized spacial score (nSPS) is 14.6. The van der Waals surface area contributed by atoms with E-state index in [2.05, 4.69) is 4.99 Å². The Morgan fingerprint density at radius 3 is 2.37 bits per heavy atom. The zero-order chi connectivity index (χ0) is 14.4. The van der Waals surface area contributed by atoms with Crippen molar-refractivity contribution in [1.82, 2.24) is 0 Å². The highest BCUT2D eigenvalue weighted by atomic mass is 19.4. The van der Waals surface area contributed by atoms with Crippen LogP contribution in [0, 0.1) is 5.41 Å². The Kier molecular flexibility index (Phi) is 3.03. The second-order valence-corrected chi connectivity index (χ2v) is 5.64. The SMILES string of the molecule is CC(C)(C)C(=O)c1cc2c(c(C(F)(F)F)c1)CN=C2. The maximum Gasteiger partial charge on any atom is 0.416 e. The molecule has 1 aromatic rings. The molecule has 1 aromatic carbocycles. The number of ketones is 1. The number of fused-ring (bicyclic) bond motifs is 1. The summed E-state index contributed by atoms with van der Waals surface area (Å²) in [4.78, 5) is 16.0. The molecule has 19 heavy (non-hydrogen) atoms. The van der Waals surface area contributed by atoms with Crippen molar-refractivity contribution in [3.63, 3.8) is 0 Å². The van der Waals surface area contributed by atoms with E-state index in [0.29, 0.717) is 5.56 Å². The van der Waals surface area contributed by atoms with Gasteiger partial charge in [-0.1, -0.05) is 20.8 Å². The molecule has 0 aromatic heterocycles. The number of Topliss-reactive ketones (excluding diaryl/α,β-unsaturated/α-hetero) is 1. The number of hydrogen-bond acceptors (Lipinski definition) is 2. The van der Waals surface area contributed by atoms with Crippen LogP contribution in [0.3, 0.4) is 0 Å². The summed E-state index contributed by atoms with van der Waals surface area (Å²) < 4.78 is 39.0. The molecule has 0 saturated heterocycles. The van der Waals surface area contributed by atoms with E-state index < -0.39 is 17.2 Å². The van der Waals surface area contributed by atoms with Gasteiger partial charge in [-0.25, -0.2) is 0 Å². The quantitative estimate of drug-likeness (QED) is 0.712. The van der Waals surface area contributed by atoms with Gasteiger partial charge in [-0.3, -0.25) is 9.79 Å². The molecule has 5 heteroatoms. The van der Waals surface area contributed by atoms with E-state index in [1.165, 1.54) is 12.3 Å². The summed E-state index contributed by atoms with van der Waals surface area (Å²) >= 11 is 0. The van der Waals surface area contributed by atoms with Crippen LogP contribution in [-0.2, 0) is 12.7 Å². The molecule has 0 spiro atoms. The number of alkyl halides is 3. The molecule has 0 N–H and O–H groups in total. The average molecular weight is 269 g/mol. The Hall–Kier alpha value is -1.65. The molecular formula is C14H14F3NO. The van der Waals surface area contributed by atoms with Crippen molar-refractivity contribution in [2.75, 3.05) is 0 Å². The van der Waals surface area contributed by atoms with Gasteiger partial charge < -0.3 is 0 Å². The zero-order valence-corrected chi connectivity index (χ0v) is 10.9. The highest BCUT2D eigenvalue weighted by Gasteiger charge is 2.36. The summed E-state index contributed by atoms with van der Waals surface area (Å²) in [5, 5.41) is 0. The van der Waals surface area contributed by atoms with Crippen LogP contribution in [0.5, 0.6) is 0 Å². The number of carbonyl (C=O) groups is 1. The van der Waals surface area contributed by atoms with Crippen LogP contribution in [0.15, 0.2) is 17.1 Å². The third-order valence-electron chi connectivity index (χ3n) is 3.01. The molecule has 0 fully saturated rings. The lowest BCUT2D eigenvalue weighted by Gasteiger charge is -2.19. The van der Waals surface area contributed by atoms with Crippen LogP contribution in [0.25, 0.3) is 0 Å². The lowest BCUT2D eigenvalue weighted by molar-refractivity contribution is -0.138. The lowest BCUT2D eigenvalue weighted by atomic mass is 9.84. The first-order valence-corrected chi connectivity index (χ1v) is 5.89. The Morgan fingerprint density at radius 1 is 1.21 bits per heavy atom. The molecule has 0 saturated carbocycles. The van der Waals surface area contributed by atoms with Crippen molar-refractivity contribution in [2.24, 2.45) is 10.4 Å². The van der Waals surface area contributed by atoms with E-state index in [9.17, 15) is 18.0 Å². The minimum Gasteiger partial charge on any atom is -0.294 e. The molecule has 0 unspecified atom stereocenters. The molecule has 0 bridgehead atoms. The van der Waals surface area contributed by atoms with Gasteiger partial charge >= 0.3 is 6.18 Å². The maximum absolute atomic E-state index is 13.0. The van der Waals surface area contributed by atoms with Crippen LogP contribution >= 0.6 is 0 Å². The number of nitrogens with zero attached hydrogens (tertiary/aromatic N) is 1. The van der Waals surface area contributed by atoms with Crippen molar-refractivity contribution in [1.29, 1.82) is 0 Å². The van der Waals surface area contributed by atoms with Gasteiger partial charge in [0.15, 0.2) is 5.78 Å². The molecule has 1 aliphatic heterocycles. The second kappa shape index (κ2) is 4.18. The molecule has 0 aliphatic carbocycles. The van der Waals surface area contributed by atoms with Gasteiger partial charge in [0.1, 0.15) is 0 Å². The largest absolute Gasteiger partial charge is 0.416 e. The molecule has 0 atom stereocenters. The first-order chi connectivity index (χ1) is 8.60. The molecular weight excluding hydrogens is 255 g/mol. The third-order valence-corrected chi connectivity index (χ3v) is 3.01. The highest BCUT2D eigenvalue weighted by molar-refractivity contribution is 6.02. The van der Waals surface area contributed by atoms with Gasteiger partial charge in [0, 0.05) is 17.2 Å². The fraction of sp³-hybridized carbons (Fsp3) is 0.429.